The minimum absolute atomic E-state index is 0.0176. The molecule has 1 aromatic heterocycles. The molecule has 2 aliphatic heterocycles. The van der Waals surface area contributed by atoms with Crippen LogP contribution >= 0.6 is 15.9 Å². The Balaban J connectivity index is 1.58. The molecule has 2 aromatic carbocycles. The maximum Gasteiger partial charge on any atom is 0.261 e. The molecule has 1 saturated heterocycles. The lowest BCUT2D eigenvalue weighted by molar-refractivity contribution is 0.0649. The zero-order valence-corrected chi connectivity index (χ0v) is 22.5. The topological polar surface area (TPSA) is 75.5 Å². The third-order valence-electron chi connectivity index (χ3n) is 7.42. The summed E-state index contributed by atoms with van der Waals surface area (Å²) >= 11 is 3.50. The van der Waals surface area contributed by atoms with Crippen LogP contribution in [0, 0.1) is 6.92 Å². The fourth-order valence-corrected chi connectivity index (χ4v) is 5.30. The summed E-state index contributed by atoms with van der Waals surface area (Å²) in [5.74, 6) is 0.609. The maximum atomic E-state index is 13.9. The number of likely N-dealkylation sites (tertiary alicyclic amines) is 1. The van der Waals surface area contributed by atoms with Crippen molar-refractivity contribution in [3.8, 4) is 5.69 Å². The van der Waals surface area contributed by atoms with Gasteiger partial charge in [-0.15, -0.1) is 0 Å². The van der Waals surface area contributed by atoms with Gasteiger partial charge < -0.3 is 4.90 Å². The maximum absolute atomic E-state index is 13.9. The lowest BCUT2D eigenvalue weighted by atomic mass is 9.96. The molecule has 0 aliphatic carbocycles. The van der Waals surface area contributed by atoms with Crippen molar-refractivity contribution in [3.63, 3.8) is 0 Å². The Morgan fingerprint density at radius 3 is 2.36 bits per heavy atom. The molecule has 3 aromatic rings. The lowest BCUT2D eigenvalue weighted by Gasteiger charge is -2.40. The quantitative estimate of drug-likeness (QED) is 0.449. The van der Waals surface area contributed by atoms with Crippen LogP contribution in [0.2, 0.25) is 0 Å². The molecule has 1 fully saturated rings. The summed E-state index contributed by atoms with van der Waals surface area (Å²) in [5, 5.41) is 0. The van der Waals surface area contributed by atoms with E-state index >= 15 is 0 Å². The Labute approximate surface area is 218 Å². The standard InChI is InChI=1S/C28H29BrN4O3/c1-16-13-20(7-10-23(16)29)27(35)32-15-24-22(14-17(32)2)28(36)33(26(30-24)25-11-12-31(25)4)21-8-5-19(6-9-21)18(3)34/h5-10,13,17,25H,11-12,14-15H2,1-4H3. The molecule has 8 heteroatoms. The highest BCUT2D eigenvalue weighted by Gasteiger charge is 2.36. The van der Waals surface area contributed by atoms with E-state index in [1.165, 1.54) is 6.92 Å². The summed E-state index contributed by atoms with van der Waals surface area (Å²) in [5.41, 5.74) is 4.16. The highest BCUT2D eigenvalue weighted by molar-refractivity contribution is 9.10. The molecule has 0 spiro atoms. The molecule has 7 nitrogen and oxygen atoms in total. The monoisotopic (exact) mass is 548 g/mol. The first-order valence-corrected chi connectivity index (χ1v) is 13.0. The minimum Gasteiger partial charge on any atom is -0.330 e. The first-order valence-electron chi connectivity index (χ1n) is 12.2. The van der Waals surface area contributed by atoms with Gasteiger partial charge in [-0.1, -0.05) is 15.9 Å². The Bertz CT molecular complexity index is 1430. The molecular formula is C28H29BrN4O3. The van der Waals surface area contributed by atoms with E-state index in [-0.39, 0.29) is 29.3 Å². The summed E-state index contributed by atoms with van der Waals surface area (Å²) in [7, 11) is 2.02. The Hall–Kier alpha value is -3.10. The van der Waals surface area contributed by atoms with Gasteiger partial charge in [-0.05, 0) is 88.7 Å². The van der Waals surface area contributed by atoms with Crippen molar-refractivity contribution in [1.29, 1.82) is 0 Å². The molecule has 2 atom stereocenters. The average Bonchev–Trinajstić information content (AvgIpc) is 2.85. The number of aryl methyl sites for hydroxylation is 1. The highest BCUT2D eigenvalue weighted by atomic mass is 79.9. The van der Waals surface area contributed by atoms with Gasteiger partial charge in [0.15, 0.2) is 5.78 Å². The Morgan fingerprint density at radius 1 is 1.08 bits per heavy atom. The van der Waals surface area contributed by atoms with Crippen LogP contribution in [0.25, 0.3) is 5.69 Å². The van der Waals surface area contributed by atoms with Crippen LogP contribution in [0.1, 0.15) is 69.7 Å². The molecule has 186 valence electrons. The van der Waals surface area contributed by atoms with E-state index in [2.05, 4.69) is 20.8 Å². The number of carbonyl (C=O) groups is 2. The third kappa shape index (κ3) is 4.22. The molecule has 2 unspecified atom stereocenters. The van der Waals surface area contributed by atoms with E-state index in [1.54, 1.807) is 16.7 Å². The second-order valence-electron chi connectivity index (χ2n) is 9.87. The van der Waals surface area contributed by atoms with Crippen molar-refractivity contribution in [3.05, 3.63) is 91.1 Å². The van der Waals surface area contributed by atoms with Crippen LogP contribution < -0.4 is 5.56 Å². The van der Waals surface area contributed by atoms with Crippen LogP contribution in [0.4, 0.5) is 0 Å². The molecule has 1 amide bonds. The number of hydrogen-bond acceptors (Lipinski definition) is 5. The molecule has 0 radical (unpaired) electrons. The number of Topliss-reactive ketones (excluding diaryl/α,β-unsaturated/α-hetero) is 1. The number of hydrogen-bond donors (Lipinski definition) is 0. The van der Waals surface area contributed by atoms with Gasteiger partial charge >= 0.3 is 0 Å². The summed E-state index contributed by atoms with van der Waals surface area (Å²) in [6.45, 7) is 6.70. The summed E-state index contributed by atoms with van der Waals surface area (Å²) in [6.07, 6.45) is 1.35. The predicted octanol–water partition coefficient (Wildman–Crippen LogP) is 4.47. The lowest BCUT2D eigenvalue weighted by Crippen LogP contribution is -2.48. The van der Waals surface area contributed by atoms with Crippen LogP contribution in [-0.4, -0.2) is 50.7 Å². The fraction of sp³-hybridized carbons (Fsp3) is 0.357. The van der Waals surface area contributed by atoms with Gasteiger partial charge in [0.1, 0.15) is 5.82 Å². The number of ketones is 1. The number of nitrogens with zero attached hydrogens (tertiary/aromatic N) is 4. The average molecular weight is 549 g/mol. The number of fused-ring (bicyclic) bond motifs is 1. The van der Waals surface area contributed by atoms with Crippen molar-refractivity contribution < 1.29 is 9.59 Å². The molecule has 0 bridgehead atoms. The second-order valence-corrected chi connectivity index (χ2v) is 10.7. The largest absolute Gasteiger partial charge is 0.330 e. The van der Waals surface area contributed by atoms with Gasteiger partial charge in [0.2, 0.25) is 0 Å². The first-order chi connectivity index (χ1) is 17.2. The van der Waals surface area contributed by atoms with Gasteiger partial charge in [0.25, 0.3) is 11.5 Å². The second kappa shape index (κ2) is 9.41. The van der Waals surface area contributed by atoms with Gasteiger partial charge in [0.05, 0.1) is 24.0 Å². The van der Waals surface area contributed by atoms with Crippen molar-refractivity contribution in [1.82, 2.24) is 19.4 Å². The van der Waals surface area contributed by atoms with Crippen molar-refractivity contribution in [2.75, 3.05) is 13.6 Å². The predicted molar refractivity (Wildman–Crippen MR) is 142 cm³/mol. The Morgan fingerprint density at radius 2 is 1.78 bits per heavy atom. The van der Waals surface area contributed by atoms with Gasteiger partial charge in [-0.3, -0.25) is 23.9 Å². The van der Waals surface area contributed by atoms with Gasteiger partial charge in [0, 0.05) is 33.7 Å². The molecule has 2 aliphatic rings. The zero-order chi connectivity index (χ0) is 25.7. The smallest absolute Gasteiger partial charge is 0.261 e. The molecule has 5 rings (SSSR count). The number of aromatic nitrogens is 2. The van der Waals surface area contributed by atoms with E-state index in [4.69, 9.17) is 4.98 Å². The first kappa shape index (κ1) is 24.6. The normalized spacial score (nSPS) is 19.5. The molecule has 3 heterocycles. The van der Waals surface area contributed by atoms with E-state index in [0.29, 0.717) is 46.9 Å². The molecule has 36 heavy (non-hydrogen) atoms. The zero-order valence-electron chi connectivity index (χ0n) is 20.9. The van der Waals surface area contributed by atoms with E-state index < -0.39 is 0 Å². The number of carbonyl (C=O) groups excluding carboxylic acids is 2. The van der Waals surface area contributed by atoms with E-state index in [1.807, 2.05) is 56.1 Å². The van der Waals surface area contributed by atoms with E-state index in [9.17, 15) is 14.4 Å². The van der Waals surface area contributed by atoms with E-state index in [0.717, 1.165) is 23.0 Å². The SMILES string of the molecule is CC(=O)c1ccc(-n2c(C3CCN3C)nc3c(c2=O)CC(C)N(C(=O)c2ccc(Br)c(C)c2)C3)cc1. The van der Waals surface area contributed by atoms with Crippen LogP contribution in [0.5, 0.6) is 0 Å². The number of benzene rings is 2. The van der Waals surface area contributed by atoms with Crippen molar-refractivity contribution in [2.24, 2.45) is 0 Å². The molecule has 0 saturated carbocycles. The summed E-state index contributed by atoms with van der Waals surface area (Å²) in [6, 6.07) is 12.6. The van der Waals surface area contributed by atoms with Crippen molar-refractivity contribution in [2.45, 2.75) is 52.2 Å². The molecular weight excluding hydrogens is 520 g/mol. The number of amides is 1. The fourth-order valence-electron chi connectivity index (χ4n) is 5.05. The summed E-state index contributed by atoms with van der Waals surface area (Å²) < 4.78 is 2.66. The highest BCUT2D eigenvalue weighted by Crippen LogP contribution is 2.33. The van der Waals surface area contributed by atoms with Crippen LogP contribution in [0.15, 0.2) is 51.7 Å². The van der Waals surface area contributed by atoms with Crippen LogP contribution in [0.3, 0.4) is 0 Å². The van der Waals surface area contributed by atoms with Gasteiger partial charge in [-0.2, -0.15) is 0 Å². The third-order valence-corrected chi connectivity index (χ3v) is 8.31. The number of rotatable bonds is 4. The van der Waals surface area contributed by atoms with Crippen molar-refractivity contribution >= 4 is 27.6 Å². The Kier molecular flexibility index (Phi) is 6.43. The van der Waals surface area contributed by atoms with Gasteiger partial charge in [-0.25, -0.2) is 4.98 Å². The summed E-state index contributed by atoms with van der Waals surface area (Å²) in [4.78, 5) is 48.1. The number of halogens is 1. The van der Waals surface area contributed by atoms with Crippen LogP contribution in [-0.2, 0) is 13.0 Å². The minimum atomic E-state index is -0.144. The molecule has 0 N–H and O–H groups in total.